The number of ether oxygens (including phenoxy) is 2. The summed E-state index contributed by atoms with van der Waals surface area (Å²) in [6.07, 6.45) is 3.35. The summed E-state index contributed by atoms with van der Waals surface area (Å²) in [5.41, 5.74) is 0.288. The van der Waals surface area contributed by atoms with E-state index in [9.17, 15) is 18.5 Å². The van der Waals surface area contributed by atoms with Crippen LogP contribution < -0.4 is 13.8 Å². The molecule has 0 aliphatic carbocycles. The molecule has 0 radical (unpaired) electrons. The fourth-order valence-electron chi connectivity index (χ4n) is 7.28. The van der Waals surface area contributed by atoms with Gasteiger partial charge in [-0.1, -0.05) is 12.1 Å². The number of hydrogen-bond donors (Lipinski definition) is 0. The second-order valence-electron chi connectivity index (χ2n) is 12.4. The SMILES string of the molecule is COc1ccc(S(=O)(=O)N2C(=O)C(c3ccc(CN4CCCC4)cc3OC)(N3CCC[C@H]3C(=O)N(C)C)c3cc(C#N)ccc32)cc1. The predicted octanol–water partition coefficient (Wildman–Crippen LogP) is 3.70. The molecule has 12 heteroatoms. The van der Waals surface area contributed by atoms with Gasteiger partial charge in [-0.3, -0.25) is 19.4 Å². The molecule has 2 amide bonds. The lowest BCUT2D eigenvalue weighted by Gasteiger charge is -2.42. The molecule has 0 saturated carbocycles. The molecule has 3 aromatic carbocycles. The summed E-state index contributed by atoms with van der Waals surface area (Å²) in [4.78, 5) is 34.7. The Morgan fingerprint density at radius 3 is 2.32 bits per heavy atom. The topological polar surface area (TPSA) is 123 Å². The molecule has 0 N–H and O–H groups in total. The zero-order valence-electron chi connectivity index (χ0n) is 27.1. The Hall–Kier alpha value is -4.44. The normalized spacial score (nSPS) is 21.5. The van der Waals surface area contributed by atoms with Crippen LogP contribution in [0.4, 0.5) is 5.69 Å². The second kappa shape index (κ2) is 12.6. The van der Waals surface area contributed by atoms with Crippen LogP contribution >= 0.6 is 0 Å². The van der Waals surface area contributed by atoms with Gasteiger partial charge in [-0.2, -0.15) is 5.26 Å². The number of nitriles is 1. The van der Waals surface area contributed by atoms with Crippen molar-refractivity contribution in [2.45, 2.75) is 48.7 Å². The Labute approximate surface area is 275 Å². The second-order valence-corrected chi connectivity index (χ2v) is 14.2. The third-order valence-electron chi connectivity index (χ3n) is 9.50. The van der Waals surface area contributed by atoms with E-state index in [-0.39, 0.29) is 22.1 Å². The molecule has 2 atom stereocenters. The molecule has 3 aliphatic rings. The standard InChI is InChI=1S/C35H39N5O6S/c1-37(2)33(41)31-8-7-19-39(31)35(28-15-9-25(21-32(28)46-4)23-38-17-5-6-18-38)29-20-24(22-36)10-16-30(29)40(34(35)42)47(43,44)27-13-11-26(45-3)12-14-27/h9-16,20-21,31H,5-8,17-19,23H2,1-4H3/t31-,35?/m0/s1. The first-order valence-electron chi connectivity index (χ1n) is 15.7. The Morgan fingerprint density at radius 1 is 0.957 bits per heavy atom. The summed E-state index contributed by atoms with van der Waals surface area (Å²) in [5.74, 6) is -0.0998. The fraction of sp³-hybridized carbons (Fsp3) is 0.400. The zero-order chi connectivity index (χ0) is 33.5. The molecule has 1 unspecified atom stereocenters. The maximum absolute atomic E-state index is 15.4. The van der Waals surface area contributed by atoms with Crippen molar-refractivity contribution in [3.63, 3.8) is 0 Å². The minimum absolute atomic E-state index is 0.104. The molecule has 0 aromatic heterocycles. The van der Waals surface area contributed by atoms with E-state index in [1.54, 1.807) is 20.2 Å². The predicted molar refractivity (Wildman–Crippen MR) is 176 cm³/mol. The van der Waals surface area contributed by atoms with E-state index >= 15 is 4.79 Å². The van der Waals surface area contributed by atoms with Crippen LogP contribution in [-0.4, -0.2) is 88.9 Å². The van der Waals surface area contributed by atoms with Gasteiger partial charge in [-0.25, -0.2) is 12.7 Å². The average Bonchev–Trinajstić information content (AvgIpc) is 3.83. The summed E-state index contributed by atoms with van der Waals surface area (Å²) >= 11 is 0. The van der Waals surface area contributed by atoms with E-state index < -0.39 is 27.5 Å². The van der Waals surface area contributed by atoms with Gasteiger partial charge in [0.1, 0.15) is 11.5 Å². The van der Waals surface area contributed by atoms with Gasteiger partial charge in [0.25, 0.3) is 15.9 Å². The van der Waals surface area contributed by atoms with Crippen molar-refractivity contribution in [2.24, 2.45) is 0 Å². The summed E-state index contributed by atoms with van der Waals surface area (Å²) in [6.45, 7) is 3.03. The van der Waals surface area contributed by atoms with Gasteiger partial charge >= 0.3 is 0 Å². The summed E-state index contributed by atoms with van der Waals surface area (Å²) in [5, 5.41) is 10.00. The monoisotopic (exact) mass is 657 g/mol. The number of hydrogen-bond acceptors (Lipinski definition) is 9. The molecule has 246 valence electrons. The Kier molecular flexibility index (Phi) is 8.74. The van der Waals surface area contributed by atoms with Crippen LogP contribution in [0.1, 0.15) is 47.9 Å². The van der Waals surface area contributed by atoms with Crippen molar-refractivity contribution in [3.8, 4) is 17.6 Å². The van der Waals surface area contributed by atoms with Crippen molar-refractivity contribution >= 4 is 27.5 Å². The minimum atomic E-state index is -4.48. The molecule has 0 spiro atoms. The molecular weight excluding hydrogens is 618 g/mol. The maximum Gasteiger partial charge on any atom is 0.271 e. The molecule has 3 aromatic rings. The fourth-order valence-corrected chi connectivity index (χ4v) is 8.74. The van der Waals surface area contributed by atoms with Gasteiger partial charge < -0.3 is 14.4 Å². The van der Waals surface area contributed by atoms with Gasteiger partial charge in [0.05, 0.1) is 42.5 Å². The van der Waals surface area contributed by atoms with Crippen LogP contribution in [0.2, 0.25) is 0 Å². The number of carbonyl (C=O) groups excluding carboxylic acids is 2. The molecule has 6 rings (SSSR count). The number of anilines is 1. The van der Waals surface area contributed by atoms with Gasteiger partial charge in [0, 0.05) is 38.3 Å². The number of fused-ring (bicyclic) bond motifs is 1. The molecule has 47 heavy (non-hydrogen) atoms. The Morgan fingerprint density at radius 2 is 1.68 bits per heavy atom. The van der Waals surface area contributed by atoms with Crippen molar-refractivity contribution in [1.82, 2.24) is 14.7 Å². The number of amides is 2. The Bertz CT molecular complexity index is 1850. The quantitative estimate of drug-likeness (QED) is 0.339. The highest BCUT2D eigenvalue weighted by Crippen LogP contribution is 2.54. The molecule has 3 heterocycles. The largest absolute Gasteiger partial charge is 0.497 e. The highest BCUT2D eigenvalue weighted by Gasteiger charge is 2.63. The van der Waals surface area contributed by atoms with Gasteiger partial charge in [0.15, 0.2) is 5.54 Å². The lowest BCUT2D eigenvalue weighted by Crippen LogP contribution is -2.59. The number of benzene rings is 3. The van der Waals surface area contributed by atoms with Crippen molar-refractivity contribution < 1.29 is 27.5 Å². The Balaban J connectivity index is 1.62. The van der Waals surface area contributed by atoms with E-state index in [1.165, 1.54) is 55.5 Å². The molecular formula is C35H39N5O6S. The highest BCUT2D eigenvalue weighted by molar-refractivity contribution is 7.93. The molecule has 2 saturated heterocycles. The number of likely N-dealkylation sites (N-methyl/N-ethyl adjacent to an activating group) is 1. The highest BCUT2D eigenvalue weighted by atomic mass is 32.2. The first-order chi connectivity index (χ1) is 22.6. The number of methoxy groups -OCH3 is 2. The van der Waals surface area contributed by atoms with Crippen molar-refractivity contribution in [1.29, 1.82) is 5.26 Å². The third-order valence-corrected chi connectivity index (χ3v) is 11.2. The van der Waals surface area contributed by atoms with Crippen LogP contribution in [-0.2, 0) is 31.7 Å². The molecule has 11 nitrogen and oxygen atoms in total. The van der Waals surface area contributed by atoms with Crippen LogP contribution in [0.5, 0.6) is 11.5 Å². The number of likely N-dealkylation sites (tertiary alicyclic amines) is 2. The maximum atomic E-state index is 15.4. The van der Waals surface area contributed by atoms with E-state index in [1.807, 2.05) is 23.1 Å². The summed E-state index contributed by atoms with van der Waals surface area (Å²) in [7, 11) is 1.86. The van der Waals surface area contributed by atoms with E-state index in [0.29, 0.717) is 48.6 Å². The van der Waals surface area contributed by atoms with Gasteiger partial charge in [-0.05, 0) is 92.9 Å². The lowest BCUT2D eigenvalue weighted by atomic mass is 9.80. The lowest BCUT2D eigenvalue weighted by molar-refractivity contribution is -0.138. The van der Waals surface area contributed by atoms with Crippen LogP contribution in [0.25, 0.3) is 0 Å². The number of sulfonamides is 1. The molecule has 2 fully saturated rings. The van der Waals surface area contributed by atoms with Gasteiger partial charge in [0.2, 0.25) is 5.91 Å². The van der Waals surface area contributed by atoms with Crippen molar-refractivity contribution in [2.75, 3.05) is 52.3 Å². The van der Waals surface area contributed by atoms with E-state index in [2.05, 4.69) is 11.0 Å². The van der Waals surface area contributed by atoms with Crippen LogP contribution in [0.15, 0.2) is 65.6 Å². The summed E-state index contributed by atoms with van der Waals surface area (Å²) in [6, 6.07) is 17.5. The smallest absolute Gasteiger partial charge is 0.271 e. The van der Waals surface area contributed by atoms with E-state index in [4.69, 9.17) is 9.47 Å². The minimum Gasteiger partial charge on any atom is -0.497 e. The number of nitrogens with zero attached hydrogens (tertiary/aromatic N) is 5. The number of carbonyl (C=O) groups is 2. The van der Waals surface area contributed by atoms with E-state index in [0.717, 1.165) is 35.8 Å². The van der Waals surface area contributed by atoms with Crippen LogP contribution in [0, 0.1) is 11.3 Å². The average molecular weight is 658 g/mol. The van der Waals surface area contributed by atoms with Crippen molar-refractivity contribution in [3.05, 3.63) is 82.9 Å². The first kappa shape index (κ1) is 32.5. The summed E-state index contributed by atoms with van der Waals surface area (Å²) < 4.78 is 41.0. The number of rotatable bonds is 9. The third kappa shape index (κ3) is 5.32. The van der Waals surface area contributed by atoms with Gasteiger partial charge in [-0.15, -0.1) is 0 Å². The van der Waals surface area contributed by atoms with Crippen LogP contribution in [0.3, 0.4) is 0 Å². The first-order valence-corrected chi connectivity index (χ1v) is 17.2. The molecule has 3 aliphatic heterocycles. The molecule has 0 bridgehead atoms. The zero-order valence-corrected chi connectivity index (χ0v) is 27.9.